The quantitative estimate of drug-likeness (QED) is 0.798. The maximum Gasteiger partial charge on any atom is 0.258 e. The van der Waals surface area contributed by atoms with E-state index in [2.05, 4.69) is 38.1 Å². The van der Waals surface area contributed by atoms with E-state index < -0.39 is 0 Å². The van der Waals surface area contributed by atoms with Crippen LogP contribution in [0.25, 0.3) is 0 Å². The summed E-state index contributed by atoms with van der Waals surface area (Å²) >= 11 is 5.00. The van der Waals surface area contributed by atoms with Gasteiger partial charge in [0.2, 0.25) is 0 Å². The van der Waals surface area contributed by atoms with Crippen LogP contribution in [0.4, 0.5) is 5.13 Å². The van der Waals surface area contributed by atoms with Gasteiger partial charge in [-0.1, -0.05) is 19.1 Å². The minimum Gasteiger partial charge on any atom is -0.298 e. The first-order chi connectivity index (χ1) is 11.5. The predicted molar refractivity (Wildman–Crippen MR) is 103 cm³/mol. The number of hydrogen-bond donors (Lipinski definition) is 1. The Morgan fingerprint density at radius 1 is 1.38 bits per heavy atom. The number of likely N-dealkylation sites (tertiary alicyclic amines) is 1. The van der Waals surface area contributed by atoms with Crippen molar-refractivity contribution in [1.82, 2.24) is 9.88 Å². The van der Waals surface area contributed by atoms with Crippen LogP contribution in [-0.2, 0) is 6.54 Å². The van der Waals surface area contributed by atoms with Crippen LogP contribution in [-0.4, -0.2) is 28.9 Å². The average Bonchev–Trinajstić information content (AvgIpc) is 2.89. The van der Waals surface area contributed by atoms with E-state index in [1.165, 1.54) is 17.7 Å². The zero-order valence-corrected chi connectivity index (χ0v) is 16.4. The number of piperidine rings is 1. The van der Waals surface area contributed by atoms with E-state index in [1.807, 2.05) is 25.1 Å². The van der Waals surface area contributed by atoms with Crippen molar-refractivity contribution in [3.63, 3.8) is 0 Å². The van der Waals surface area contributed by atoms with Gasteiger partial charge in [-0.05, 0) is 66.8 Å². The Bertz CT molecular complexity index is 723. The molecule has 2 aromatic rings. The average molecular weight is 408 g/mol. The maximum absolute atomic E-state index is 12.4. The lowest BCUT2D eigenvalue weighted by Gasteiger charge is -2.29. The Labute approximate surface area is 155 Å². The molecular weight excluding hydrogens is 386 g/mol. The van der Waals surface area contributed by atoms with E-state index in [9.17, 15) is 4.79 Å². The highest BCUT2D eigenvalue weighted by Gasteiger charge is 2.19. The molecule has 0 aliphatic carbocycles. The first-order valence-corrected chi connectivity index (χ1v) is 9.88. The maximum atomic E-state index is 12.4. The molecule has 1 aliphatic heterocycles. The first-order valence-electron chi connectivity index (χ1n) is 8.27. The van der Waals surface area contributed by atoms with Gasteiger partial charge in [0.05, 0.1) is 11.3 Å². The summed E-state index contributed by atoms with van der Waals surface area (Å²) in [4.78, 5) is 20.7. The van der Waals surface area contributed by atoms with Crippen molar-refractivity contribution in [3.05, 3.63) is 44.9 Å². The molecule has 1 aromatic carbocycles. The third-order valence-corrected chi connectivity index (χ3v) is 6.22. The van der Waals surface area contributed by atoms with Crippen molar-refractivity contribution in [2.45, 2.75) is 33.2 Å². The normalized spacial score (nSPS) is 16.3. The molecule has 0 unspecified atom stereocenters. The number of amides is 1. The Morgan fingerprint density at radius 2 is 2.08 bits per heavy atom. The molecule has 0 saturated carbocycles. The van der Waals surface area contributed by atoms with Crippen molar-refractivity contribution in [2.24, 2.45) is 5.92 Å². The molecule has 0 bridgehead atoms. The molecule has 128 valence electrons. The van der Waals surface area contributed by atoms with Crippen molar-refractivity contribution in [3.8, 4) is 0 Å². The molecule has 24 heavy (non-hydrogen) atoms. The van der Waals surface area contributed by atoms with Gasteiger partial charge < -0.3 is 0 Å². The molecule has 1 aliphatic rings. The lowest BCUT2D eigenvalue weighted by Crippen LogP contribution is -2.32. The van der Waals surface area contributed by atoms with E-state index in [4.69, 9.17) is 0 Å². The summed E-state index contributed by atoms with van der Waals surface area (Å²) in [6, 6.07) is 7.42. The van der Waals surface area contributed by atoms with Crippen LogP contribution >= 0.6 is 27.3 Å². The standard InChI is InChI=1S/C18H22BrN3OS/c1-12-7-9-22(10-8-12)11-16-13(2)20-18(24-16)21-17(23)14-5-3-4-6-15(14)19/h3-6,12H,7-11H2,1-2H3,(H,20,21,23). The Morgan fingerprint density at radius 3 is 2.79 bits per heavy atom. The number of aromatic nitrogens is 1. The van der Waals surface area contributed by atoms with E-state index >= 15 is 0 Å². The molecule has 4 nitrogen and oxygen atoms in total. The third-order valence-electron chi connectivity index (χ3n) is 4.48. The minimum absolute atomic E-state index is 0.130. The second-order valence-corrected chi connectivity index (χ2v) is 8.36. The Hall–Kier alpha value is -1.24. The fraction of sp³-hybridized carbons (Fsp3) is 0.444. The largest absolute Gasteiger partial charge is 0.298 e. The summed E-state index contributed by atoms with van der Waals surface area (Å²) in [7, 11) is 0. The lowest BCUT2D eigenvalue weighted by molar-refractivity contribution is 0.102. The predicted octanol–water partition coefficient (Wildman–Crippen LogP) is 4.70. The zero-order valence-electron chi connectivity index (χ0n) is 14.0. The molecule has 1 saturated heterocycles. The molecule has 1 aromatic heterocycles. The number of benzene rings is 1. The second kappa shape index (κ2) is 7.76. The van der Waals surface area contributed by atoms with Crippen molar-refractivity contribution in [2.75, 3.05) is 18.4 Å². The molecule has 6 heteroatoms. The van der Waals surface area contributed by atoms with Gasteiger partial charge in [0.25, 0.3) is 5.91 Å². The Kier molecular flexibility index (Phi) is 5.69. The zero-order chi connectivity index (χ0) is 17.1. The number of nitrogens with one attached hydrogen (secondary N) is 1. The van der Waals surface area contributed by atoms with Gasteiger partial charge in [-0.3, -0.25) is 15.0 Å². The number of rotatable bonds is 4. The Balaban J connectivity index is 1.66. The molecule has 1 N–H and O–H groups in total. The number of halogens is 1. The number of nitrogens with zero attached hydrogens (tertiary/aromatic N) is 2. The van der Waals surface area contributed by atoms with Gasteiger partial charge in [0.1, 0.15) is 0 Å². The fourth-order valence-electron chi connectivity index (χ4n) is 2.86. The highest BCUT2D eigenvalue weighted by atomic mass is 79.9. The van der Waals surface area contributed by atoms with Crippen molar-refractivity contribution in [1.29, 1.82) is 0 Å². The molecule has 0 atom stereocenters. The molecule has 0 radical (unpaired) electrons. The van der Waals surface area contributed by atoms with Crippen LogP contribution in [0.3, 0.4) is 0 Å². The number of hydrogen-bond acceptors (Lipinski definition) is 4. The van der Waals surface area contributed by atoms with E-state index in [0.717, 1.165) is 35.7 Å². The van der Waals surface area contributed by atoms with Crippen molar-refractivity contribution < 1.29 is 4.79 Å². The van der Waals surface area contributed by atoms with Gasteiger partial charge in [0, 0.05) is 15.9 Å². The highest BCUT2D eigenvalue weighted by Crippen LogP contribution is 2.27. The summed E-state index contributed by atoms with van der Waals surface area (Å²) in [5.41, 5.74) is 1.64. The first kappa shape index (κ1) is 17.6. The van der Waals surface area contributed by atoms with Gasteiger partial charge in [0.15, 0.2) is 5.13 Å². The molecule has 1 fully saturated rings. The van der Waals surface area contributed by atoms with Gasteiger partial charge in [-0.25, -0.2) is 4.98 Å². The molecule has 3 rings (SSSR count). The summed E-state index contributed by atoms with van der Waals surface area (Å²) in [6.07, 6.45) is 2.53. The molecule has 0 spiro atoms. The fourth-order valence-corrected chi connectivity index (χ4v) is 4.33. The number of carbonyl (C=O) groups is 1. The summed E-state index contributed by atoms with van der Waals surface area (Å²) < 4.78 is 0.790. The summed E-state index contributed by atoms with van der Waals surface area (Å²) in [5, 5.41) is 3.60. The van der Waals surface area contributed by atoms with Crippen LogP contribution in [0.2, 0.25) is 0 Å². The van der Waals surface area contributed by atoms with Crippen LogP contribution in [0.1, 0.15) is 40.7 Å². The molecular formula is C18H22BrN3OS. The van der Waals surface area contributed by atoms with Gasteiger partial charge in [-0.15, -0.1) is 11.3 Å². The molecule has 2 heterocycles. The lowest BCUT2D eigenvalue weighted by atomic mass is 9.99. The number of aryl methyl sites for hydroxylation is 1. The topological polar surface area (TPSA) is 45.2 Å². The number of carbonyl (C=O) groups excluding carboxylic acids is 1. The van der Waals surface area contributed by atoms with E-state index in [1.54, 1.807) is 17.4 Å². The van der Waals surface area contributed by atoms with Crippen LogP contribution in [0.15, 0.2) is 28.7 Å². The third kappa shape index (κ3) is 4.23. The van der Waals surface area contributed by atoms with Gasteiger partial charge >= 0.3 is 0 Å². The summed E-state index contributed by atoms with van der Waals surface area (Å²) in [6.45, 7) is 7.58. The number of thiazole rings is 1. The van der Waals surface area contributed by atoms with E-state index in [0.29, 0.717) is 10.7 Å². The SMILES string of the molecule is Cc1nc(NC(=O)c2ccccc2Br)sc1CN1CCC(C)CC1. The van der Waals surface area contributed by atoms with Crippen LogP contribution < -0.4 is 5.32 Å². The number of anilines is 1. The van der Waals surface area contributed by atoms with Crippen molar-refractivity contribution >= 4 is 38.3 Å². The highest BCUT2D eigenvalue weighted by molar-refractivity contribution is 9.10. The minimum atomic E-state index is -0.130. The summed E-state index contributed by atoms with van der Waals surface area (Å²) in [5.74, 6) is 0.706. The second-order valence-electron chi connectivity index (χ2n) is 6.42. The van der Waals surface area contributed by atoms with E-state index in [-0.39, 0.29) is 5.91 Å². The monoisotopic (exact) mass is 407 g/mol. The van der Waals surface area contributed by atoms with Crippen LogP contribution in [0, 0.1) is 12.8 Å². The van der Waals surface area contributed by atoms with Crippen LogP contribution in [0.5, 0.6) is 0 Å². The van der Waals surface area contributed by atoms with Gasteiger partial charge in [-0.2, -0.15) is 0 Å². The molecule has 1 amide bonds. The smallest absolute Gasteiger partial charge is 0.258 e.